The Hall–Kier alpha value is -3.02. The second-order valence-electron chi connectivity index (χ2n) is 9.33. The van der Waals surface area contributed by atoms with E-state index in [1.165, 1.54) is 10.7 Å². The summed E-state index contributed by atoms with van der Waals surface area (Å²) in [5, 5.41) is 11.8. The Balaban J connectivity index is 1.34. The number of benzene rings is 1. The molecule has 2 aromatic heterocycles. The van der Waals surface area contributed by atoms with Gasteiger partial charge in [0, 0.05) is 24.2 Å². The number of ether oxygens (including phenoxy) is 1. The number of fused-ring (bicyclic) bond motifs is 2. The number of hydrogen-bond donors (Lipinski definition) is 1. The molecule has 0 amide bonds. The zero-order valence-electron chi connectivity index (χ0n) is 19.4. The van der Waals surface area contributed by atoms with Crippen molar-refractivity contribution in [3.05, 3.63) is 34.6 Å². The Morgan fingerprint density at radius 2 is 1.86 bits per heavy atom. The van der Waals surface area contributed by atoms with Gasteiger partial charge in [-0.2, -0.15) is 23.1 Å². The predicted octanol–water partition coefficient (Wildman–Crippen LogP) is 5.34. The number of rotatable bonds is 6. The topological polar surface area (TPSA) is 94.1 Å². The van der Waals surface area contributed by atoms with Crippen molar-refractivity contribution >= 4 is 23.6 Å². The molecule has 1 N–H and O–H groups in total. The maximum absolute atomic E-state index is 13.2. The highest BCUT2D eigenvalue weighted by Gasteiger charge is 2.44. The highest BCUT2D eigenvalue weighted by atomic mass is 35.5. The maximum atomic E-state index is 13.2. The smallest absolute Gasteiger partial charge is 0.416 e. The van der Waals surface area contributed by atoms with Crippen LogP contribution in [-0.2, 0) is 6.18 Å². The van der Waals surface area contributed by atoms with Crippen LogP contribution in [0.1, 0.15) is 44.1 Å². The highest BCUT2D eigenvalue weighted by Crippen LogP contribution is 2.40. The number of aryl methyl sites for hydroxylation is 1. The summed E-state index contributed by atoms with van der Waals surface area (Å²) in [6, 6.07) is 3.71. The van der Waals surface area contributed by atoms with Gasteiger partial charge in [-0.15, -0.1) is 5.10 Å². The van der Waals surface area contributed by atoms with Gasteiger partial charge in [0.1, 0.15) is 5.75 Å². The van der Waals surface area contributed by atoms with Gasteiger partial charge in [-0.25, -0.2) is 4.68 Å². The molecule has 2 aliphatic rings. The molecular weight excluding hydrogens is 487 g/mol. The van der Waals surface area contributed by atoms with Gasteiger partial charge < -0.3 is 19.5 Å². The normalized spacial score (nSPS) is 22.2. The van der Waals surface area contributed by atoms with E-state index in [0.717, 1.165) is 38.1 Å². The summed E-state index contributed by atoms with van der Waals surface area (Å²) in [6.07, 6.45) is -2.46. The summed E-state index contributed by atoms with van der Waals surface area (Å²) < 4.78 is 52.2. The van der Waals surface area contributed by atoms with Gasteiger partial charge >= 0.3 is 18.2 Å². The summed E-state index contributed by atoms with van der Waals surface area (Å²) in [4.78, 5) is 10.9. The fraction of sp³-hybridized carbons (Fsp3) is 0.545. The van der Waals surface area contributed by atoms with Gasteiger partial charge in [-0.05, 0) is 63.6 Å². The summed E-state index contributed by atoms with van der Waals surface area (Å²) in [5.74, 6) is 1.58. The number of halogens is 4. The Kier molecular flexibility index (Phi) is 6.02. The van der Waals surface area contributed by atoms with E-state index < -0.39 is 11.7 Å². The van der Waals surface area contributed by atoms with Crippen LogP contribution in [0.15, 0.2) is 22.7 Å². The number of anilines is 2. The second kappa shape index (κ2) is 8.89. The number of hydrogen-bond acceptors (Lipinski definition) is 8. The maximum Gasteiger partial charge on any atom is 0.416 e. The molecule has 35 heavy (non-hydrogen) atoms. The number of nitrogens with one attached hydrogen (secondary N) is 1. The molecule has 2 fully saturated rings. The van der Waals surface area contributed by atoms with Crippen LogP contribution in [0, 0.1) is 18.8 Å². The van der Waals surface area contributed by atoms with Crippen molar-refractivity contribution < 1.29 is 22.4 Å². The fourth-order valence-corrected chi connectivity index (χ4v) is 5.07. The van der Waals surface area contributed by atoms with E-state index in [1.807, 2.05) is 13.8 Å². The molecule has 2 bridgehead atoms. The Morgan fingerprint density at radius 1 is 1.14 bits per heavy atom. The first-order chi connectivity index (χ1) is 16.6. The third-order valence-electron chi connectivity index (χ3n) is 6.41. The largest absolute Gasteiger partial charge is 0.424 e. The van der Waals surface area contributed by atoms with Crippen molar-refractivity contribution in [1.29, 1.82) is 0 Å². The van der Waals surface area contributed by atoms with Crippen molar-refractivity contribution in [3.8, 4) is 11.8 Å². The van der Waals surface area contributed by atoms with Crippen LogP contribution in [-0.4, -0.2) is 44.0 Å². The molecule has 1 saturated heterocycles. The zero-order valence-corrected chi connectivity index (χ0v) is 20.1. The molecule has 2 unspecified atom stereocenters. The molecule has 13 heteroatoms. The third kappa shape index (κ3) is 4.89. The van der Waals surface area contributed by atoms with Crippen LogP contribution in [0.3, 0.4) is 0 Å². The van der Waals surface area contributed by atoms with Crippen LogP contribution in [0.2, 0.25) is 5.02 Å². The first kappa shape index (κ1) is 23.7. The van der Waals surface area contributed by atoms with Gasteiger partial charge in [-0.1, -0.05) is 16.8 Å². The number of nitrogens with zero attached hydrogens (tertiary/aromatic N) is 6. The molecule has 1 aliphatic carbocycles. The molecule has 1 aromatic carbocycles. The molecule has 1 saturated carbocycles. The molecule has 0 spiro atoms. The van der Waals surface area contributed by atoms with Crippen LogP contribution in [0.5, 0.6) is 11.8 Å². The molecule has 188 valence electrons. The minimum absolute atomic E-state index is 0.0612. The summed E-state index contributed by atoms with van der Waals surface area (Å²) in [6.45, 7) is 7.11. The molecule has 5 rings (SSSR count). The van der Waals surface area contributed by atoms with E-state index in [9.17, 15) is 13.2 Å². The minimum atomic E-state index is -4.55. The predicted molar refractivity (Wildman–Crippen MR) is 122 cm³/mol. The minimum Gasteiger partial charge on any atom is -0.424 e. The monoisotopic (exact) mass is 511 g/mol. The van der Waals surface area contributed by atoms with Gasteiger partial charge in [-0.3, -0.25) is 0 Å². The quantitative estimate of drug-likeness (QED) is 0.474. The summed E-state index contributed by atoms with van der Waals surface area (Å²) in [5.41, 5.74) is -0.895. The summed E-state index contributed by atoms with van der Waals surface area (Å²) in [7, 11) is 0. The number of alkyl halides is 3. The number of aromatic nitrogens is 5. The average Bonchev–Trinajstić information content (AvgIpc) is 3.43. The molecule has 3 aromatic rings. The van der Waals surface area contributed by atoms with Crippen LogP contribution >= 0.6 is 11.6 Å². The van der Waals surface area contributed by atoms with Gasteiger partial charge in [0.2, 0.25) is 5.95 Å². The van der Waals surface area contributed by atoms with Crippen molar-refractivity contribution in [3.63, 3.8) is 0 Å². The molecule has 3 heterocycles. The van der Waals surface area contributed by atoms with E-state index in [4.69, 9.17) is 20.9 Å². The Morgan fingerprint density at radius 3 is 2.46 bits per heavy atom. The SMILES string of the molecule is Cc1noc(N2CC3CCC(C2)C3Nc2nc(Oc3cc(Cl)cc(C(F)(F)F)c3)n(C(C)C)n2)n1. The molecule has 0 radical (unpaired) electrons. The lowest BCUT2D eigenvalue weighted by molar-refractivity contribution is -0.137. The zero-order chi connectivity index (χ0) is 24.9. The lowest BCUT2D eigenvalue weighted by Crippen LogP contribution is -2.48. The van der Waals surface area contributed by atoms with E-state index in [0.29, 0.717) is 29.6 Å². The first-order valence-electron chi connectivity index (χ1n) is 11.4. The molecule has 2 atom stereocenters. The Labute approximate surface area is 204 Å². The second-order valence-corrected chi connectivity index (χ2v) is 9.76. The van der Waals surface area contributed by atoms with E-state index in [2.05, 4.69) is 30.4 Å². The van der Waals surface area contributed by atoms with Crippen molar-refractivity contribution in [1.82, 2.24) is 24.9 Å². The fourth-order valence-electron chi connectivity index (χ4n) is 4.84. The lowest BCUT2D eigenvalue weighted by atomic mass is 9.92. The van der Waals surface area contributed by atoms with E-state index in [-0.39, 0.29) is 28.9 Å². The first-order valence-corrected chi connectivity index (χ1v) is 11.8. The standard InChI is InChI=1S/C22H25ClF3N7O2/c1-11(2)33-21(34-17-7-15(22(24,25)26)6-16(23)8-17)29-19(30-33)28-18-13-4-5-14(18)10-32(9-13)20-27-12(3)31-35-20/h6-8,11,13-14,18H,4-5,9-10H2,1-3H3,(H,28,30). The van der Waals surface area contributed by atoms with Crippen LogP contribution in [0.25, 0.3) is 0 Å². The van der Waals surface area contributed by atoms with Crippen LogP contribution in [0.4, 0.5) is 25.1 Å². The van der Waals surface area contributed by atoms with Crippen LogP contribution < -0.4 is 15.0 Å². The lowest BCUT2D eigenvalue weighted by Gasteiger charge is -2.37. The molecular formula is C22H25ClF3N7O2. The average molecular weight is 512 g/mol. The highest BCUT2D eigenvalue weighted by molar-refractivity contribution is 6.30. The van der Waals surface area contributed by atoms with Gasteiger partial charge in [0.25, 0.3) is 0 Å². The number of piperidine rings is 1. The van der Waals surface area contributed by atoms with E-state index in [1.54, 1.807) is 6.92 Å². The van der Waals surface area contributed by atoms with Gasteiger partial charge in [0.05, 0.1) is 11.6 Å². The third-order valence-corrected chi connectivity index (χ3v) is 6.63. The summed E-state index contributed by atoms with van der Waals surface area (Å²) >= 11 is 5.90. The van der Waals surface area contributed by atoms with Crippen molar-refractivity contribution in [2.24, 2.45) is 11.8 Å². The molecule has 1 aliphatic heterocycles. The van der Waals surface area contributed by atoms with Gasteiger partial charge in [0.15, 0.2) is 5.82 Å². The molecule has 9 nitrogen and oxygen atoms in total. The Bertz CT molecular complexity index is 1200. The van der Waals surface area contributed by atoms with E-state index >= 15 is 0 Å². The van der Waals surface area contributed by atoms with Crippen molar-refractivity contribution in [2.45, 2.75) is 51.9 Å². The van der Waals surface area contributed by atoms with Crippen molar-refractivity contribution in [2.75, 3.05) is 23.3 Å².